The highest BCUT2D eigenvalue weighted by molar-refractivity contribution is 5.94. The molecular formula is C33H45N3O5. The highest BCUT2D eigenvalue weighted by Gasteiger charge is 2.33. The van der Waals surface area contributed by atoms with Gasteiger partial charge in [0.15, 0.2) is 0 Å². The van der Waals surface area contributed by atoms with E-state index in [1.54, 1.807) is 6.92 Å². The number of hydrogen-bond acceptors (Lipinski definition) is 5. The second-order valence-electron chi connectivity index (χ2n) is 11.6. The van der Waals surface area contributed by atoms with E-state index in [2.05, 4.69) is 22.9 Å². The van der Waals surface area contributed by atoms with E-state index in [0.29, 0.717) is 6.42 Å². The molecule has 8 heteroatoms. The molecule has 0 saturated carbocycles. The Bertz CT molecular complexity index is 1170. The van der Waals surface area contributed by atoms with E-state index in [1.165, 1.54) is 0 Å². The molecule has 1 heterocycles. The van der Waals surface area contributed by atoms with Gasteiger partial charge >= 0.3 is 5.97 Å². The highest BCUT2D eigenvalue weighted by Crippen LogP contribution is 2.22. The molecular weight excluding hydrogens is 518 g/mol. The molecule has 1 fully saturated rings. The average molecular weight is 564 g/mol. The lowest BCUT2D eigenvalue weighted by Gasteiger charge is -2.27. The lowest BCUT2D eigenvalue weighted by molar-refractivity contribution is -0.157. The second kappa shape index (κ2) is 15.4. The Morgan fingerprint density at radius 2 is 1.49 bits per heavy atom. The Morgan fingerprint density at radius 1 is 0.829 bits per heavy atom. The third-order valence-corrected chi connectivity index (χ3v) is 7.51. The topological polar surface area (TPSA) is 114 Å². The fourth-order valence-corrected chi connectivity index (χ4v) is 5.01. The molecule has 8 nitrogen and oxygen atoms in total. The van der Waals surface area contributed by atoms with Gasteiger partial charge in [-0.3, -0.25) is 14.4 Å². The zero-order chi connectivity index (χ0) is 29.9. The molecule has 2 aromatic carbocycles. The van der Waals surface area contributed by atoms with Crippen molar-refractivity contribution in [1.29, 1.82) is 0 Å². The predicted octanol–water partition coefficient (Wildman–Crippen LogP) is 4.56. The van der Waals surface area contributed by atoms with Crippen LogP contribution in [0.15, 0.2) is 54.6 Å². The number of ether oxygens (including phenoxy) is 1. The van der Waals surface area contributed by atoms with Crippen LogP contribution in [-0.2, 0) is 30.3 Å². The molecule has 0 aromatic heterocycles. The number of rotatable bonds is 9. The lowest BCUT2D eigenvalue weighted by Crippen LogP contribution is -2.55. The lowest BCUT2D eigenvalue weighted by atomic mass is 9.94. The van der Waals surface area contributed by atoms with Crippen LogP contribution < -0.4 is 16.0 Å². The zero-order valence-electron chi connectivity index (χ0n) is 24.9. The van der Waals surface area contributed by atoms with Gasteiger partial charge in [-0.05, 0) is 48.3 Å². The van der Waals surface area contributed by atoms with Crippen LogP contribution in [0.5, 0.6) is 0 Å². The van der Waals surface area contributed by atoms with Crippen molar-refractivity contribution in [2.24, 2.45) is 11.8 Å². The van der Waals surface area contributed by atoms with Gasteiger partial charge in [0.25, 0.3) is 0 Å². The van der Waals surface area contributed by atoms with Crippen molar-refractivity contribution >= 4 is 23.7 Å². The Morgan fingerprint density at radius 3 is 2.12 bits per heavy atom. The Labute approximate surface area is 244 Å². The number of benzene rings is 2. The van der Waals surface area contributed by atoms with Crippen molar-refractivity contribution in [3.63, 3.8) is 0 Å². The van der Waals surface area contributed by atoms with Crippen LogP contribution in [0.25, 0.3) is 11.1 Å². The number of carbonyl (C=O) groups is 4. The van der Waals surface area contributed by atoms with Crippen LogP contribution in [0.2, 0.25) is 0 Å². The normalized spacial score (nSPS) is 23.3. The molecule has 0 unspecified atom stereocenters. The number of amides is 3. The first-order valence-corrected chi connectivity index (χ1v) is 14.8. The quantitative estimate of drug-likeness (QED) is 0.387. The maximum Gasteiger partial charge on any atom is 0.328 e. The Kier molecular flexibility index (Phi) is 11.9. The first-order chi connectivity index (χ1) is 19.6. The number of hydrogen-bond donors (Lipinski definition) is 3. The van der Waals surface area contributed by atoms with E-state index < -0.39 is 42.0 Å². The minimum Gasteiger partial charge on any atom is -0.460 e. The van der Waals surface area contributed by atoms with E-state index in [4.69, 9.17) is 4.74 Å². The largest absolute Gasteiger partial charge is 0.460 e. The van der Waals surface area contributed by atoms with Gasteiger partial charge in [-0.2, -0.15) is 0 Å². The number of nitrogens with one attached hydrogen (secondary N) is 3. The van der Waals surface area contributed by atoms with Gasteiger partial charge in [-0.25, -0.2) is 4.79 Å². The summed E-state index contributed by atoms with van der Waals surface area (Å²) in [6.07, 6.45) is 2.59. The van der Waals surface area contributed by atoms with Crippen molar-refractivity contribution in [1.82, 2.24) is 16.0 Å². The van der Waals surface area contributed by atoms with Crippen molar-refractivity contribution in [2.45, 2.75) is 97.4 Å². The molecule has 0 bridgehead atoms. The van der Waals surface area contributed by atoms with Gasteiger partial charge in [0.05, 0.1) is 6.42 Å². The predicted molar refractivity (Wildman–Crippen MR) is 160 cm³/mol. The average Bonchev–Trinajstić information content (AvgIpc) is 2.95. The number of unbranched alkanes of at least 4 members (excludes halogenated alkanes) is 1. The van der Waals surface area contributed by atoms with E-state index in [-0.39, 0.29) is 30.6 Å². The summed E-state index contributed by atoms with van der Waals surface area (Å²) in [6.45, 7) is 9.53. The smallest absolute Gasteiger partial charge is 0.328 e. The molecule has 2 aromatic rings. The van der Waals surface area contributed by atoms with E-state index >= 15 is 0 Å². The monoisotopic (exact) mass is 563 g/mol. The van der Waals surface area contributed by atoms with Gasteiger partial charge in [0, 0.05) is 6.42 Å². The molecule has 5 atom stereocenters. The van der Waals surface area contributed by atoms with Crippen LogP contribution >= 0.6 is 0 Å². The fourth-order valence-electron chi connectivity index (χ4n) is 5.01. The van der Waals surface area contributed by atoms with Crippen LogP contribution in [0.3, 0.4) is 0 Å². The molecule has 0 spiro atoms. The number of cyclic esters (lactones) is 1. The molecule has 41 heavy (non-hydrogen) atoms. The molecule has 3 amide bonds. The van der Waals surface area contributed by atoms with Crippen LogP contribution in [0, 0.1) is 11.8 Å². The van der Waals surface area contributed by atoms with E-state index in [0.717, 1.165) is 36.0 Å². The minimum atomic E-state index is -0.912. The summed E-state index contributed by atoms with van der Waals surface area (Å²) in [5.74, 6) is -1.82. The van der Waals surface area contributed by atoms with Gasteiger partial charge in [0.1, 0.15) is 24.2 Å². The van der Waals surface area contributed by atoms with E-state index in [9.17, 15) is 19.2 Å². The number of carbonyl (C=O) groups excluding carboxylic acids is 4. The summed E-state index contributed by atoms with van der Waals surface area (Å²) in [6, 6.07) is 15.1. The standard InChI is InChI=1S/C33H45N3O5/c1-6-7-11-22(4)29-20-30(37)35-27(19-24-14-16-26(17-15-24)25-12-9-8-10-13-25)32(39)34-23(5)31(38)36-28(18-21(2)3)33(40)41-29/h8-10,12-17,21-23,27-29H,6-7,11,18-20H2,1-5H3,(H,34,39)(H,35,37)(H,36,38)/t22-,23-,27-,28+,29+/m0/s1. The van der Waals surface area contributed by atoms with Gasteiger partial charge in [-0.15, -0.1) is 0 Å². The summed E-state index contributed by atoms with van der Waals surface area (Å²) >= 11 is 0. The van der Waals surface area contributed by atoms with Crippen LogP contribution in [-0.4, -0.2) is 47.9 Å². The summed E-state index contributed by atoms with van der Waals surface area (Å²) in [5.41, 5.74) is 2.99. The maximum atomic E-state index is 13.4. The molecule has 0 radical (unpaired) electrons. The first-order valence-electron chi connectivity index (χ1n) is 14.8. The van der Waals surface area contributed by atoms with Crippen molar-refractivity contribution < 1.29 is 23.9 Å². The first kappa shape index (κ1) is 31.8. The maximum absolute atomic E-state index is 13.4. The molecule has 3 N–H and O–H groups in total. The number of esters is 1. The van der Waals surface area contributed by atoms with Crippen molar-refractivity contribution in [3.8, 4) is 11.1 Å². The minimum absolute atomic E-state index is 0.0642. The zero-order valence-corrected chi connectivity index (χ0v) is 24.9. The molecule has 1 saturated heterocycles. The fraction of sp³-hybridized carbons (Fsp3) is 0.515. The summed E-state index contributed by atoms with van der Waals surface area (Å²) in [4.78, 5) is 53.0. The third-order valence-electron chi connectivity index (χ3n) is 7.51. The third kappa shape index (κ3) is 9.73. The molecule has 222 valence electrons. The molecule has 1 aliphatic heterocycles. The molecule has 1 aliphatic rings. The molecule has 0 aliphatic carbocycles. The van der Waals surface area contributed by atoms with E-state index in [1.807, 2.05) is 75.4 Å². The summed E-state index contributed by atoms with van der Waals surface area (Å²) in [7, 11) is 0. The van der Waals surface area contributed by atoms with Gasteiger partial charge < -0.3 is 20.7 Å². The van der Waals surface area contributed by atoms with Crippen LogP contribution in [0.1, 0.15) is 72.3 Å². The molecule has 3 rings (SSSR count). The Balaban J connectivity index is 1.86. The van der Waals surface area contributed by atoms with Crippen LogP contribution in [0.4, 0.5) is 0 Å². The van der Waals surface area contributed by atoms with Gasteiger partial charge in [0.2, 0.25) is 17.7 Å². The Hall–Kier alpha value is -3.68. The summed E-state index contributed by atoms with van der Waals surface area (Å²) in [5, 5.41) is 8.36. The second-order valence-corrected chi connectivity index (χ2v) is 11.6. The van der Waals surface area contributed by atoms with Gasteiger partial charge in [-0.1, -0.05) is 95.1 Å². The SMILES string of the molecule is CCCC[C@H](C)[C@H]1CC(=O)N[C@@H](Cc2ccc(-c3ccccc3)cc2)C(=O)N[C@@H](C)C(=O)N[C@H](CC(C)C)C(=O)O1. The highest BCUT2D eigenvalue weighted by atomic mass is 16.5. The summed E-state index contributed by atoms with van der Waals surface area (Å²) < 4.78 is 5.91. The van der Waals surface area contributed by atoms with Crippen molar-refractivity contribution in [3.05, 3.63) is 60.2 Å². The van der Waals surface area contributed by atoms with Crippen molar-refractivity contribution in [2.75, 3.05) is 0 Å².